The molecule has 7 heteroatoms. The number of nitrogens with two attached hydrogens (primary N) is 1. The van der Waals surface area contributed by atoms with E-state index in [4.69, 9.17) is 10.6 Å². The van der Waals surface area contributed by atoms with E-state index < -0.39 is 0 Å². The number of hydrogen-bond acceptors (Lipinski definition) is 7. The van der Waals surface area contributed by atoms with Crippen molar-refractivity contribution in [2.75, 3.05) is 16.9 Å². The number of nitrogens with zero attached hydrogens (tertiary/aromatic N) is 4. The van der Waals surface area contributed by atoms with Gasteiger partial charge in [-0.2, -0.15) is 15.0 Å². The molecular weight excluding hydrogens is 232 g/mol. The van der Waals surface area contributed by atoms with E-state index in [1.807, 2.05) is 25.7 Å². The predicted octanol–water partition coefficient (Wildman–Crippen LogP) is 1.18. The highest BCUT2D eigenvalue weighted by Crippen LogP contribution is 2.17. The average Bonchev–Trinajstić information content (AvgIpc) is 2.28. The molecule has 0 fully saturated rings. The van der Waals surface area contributed by atoms with Gasteiger partial charge in [0.15, 0.2) is 0 Å². The summed E-state index contributed by atoms with van der Waals surface area (Å²) in [6.07, 6.45) is 0.000000945. The molecule has 18 heavy (non-hydrogen) atoms. The molecule has 0 aliphatic rings. The number of anilines is 2. The van der Waals surface area contributed by atoms with E-state index >= 15 is 0 Å². The number of ether oxygens (including phenoxy) is 1. The van der Waals surface area contributed by atoms with Gasteiger partial charge in [0.05, 0.1) is 6.10 Å². The molecule has 0 bridgehead atoms. The first-order chi connectivity index (χ1) is 8.47. The predicted molar refractivity (Wildman–Crippen MR) is 71.6 cm³/mol. The Morgan fingerprint density at radius 1 is 1.22 bits per heavy atom. The highest BCUT2D eigenvalue weighted by Gasteiger charge is 2.15. The van der Waals surface area contributed by atoms with Gasteiger partial charge in [0, 0.05) is 12.6 Å². The van der Waals surface area contributed by atoms with E-state index in [0.717, 1.165) is 6.54 Å². The van der Waals surface area contributed by atoms with E-state index in [9.17, 15) is 0 Å². The third kappa shape index (κ3) is 3.69. The monoisotopic (exact) mass is 254 g/mol. The van der Waals surface area contributed by atoms with Crippen LogP contribution in [0.3, 0.4) is 0 Å². The SMILES string of the molecule is CCN(c1nc(NN)nc(OC(C)C)n1)C(C)C. The quantitative estimate of drug-likeness (QED) is 0.582. The molecule has 0 spiro atoms. The molecule has 1 aromatic rings. The molecule has 3 N–H and O–H groups in total. The fraction of sp³-hybridized carbons (Fsp3) is 0.727. The van der Waals surface area contributed by atoms with Crippen molar-refractivity contribution in [1.29, 1.82) is 0 Å². The number of rotatable bonds is 6. The van der Waals surface area contributed by atoms with E-state index in [2.05, 4.69) is 34.2 Å². The van der Waals surface area contributed by atoms with Gasteiger partial charge >= 0.3 is 6.01 Å². The Morgan fingerprint density at radius 3 is 2.33 bits per heavy atom. The van der Waals surface area contributed by atoms with Crippen LogP contribution in [0.15, 0.2) is 0 Å². The van der Waals surface area contributed by atoms with E-state index in [0.29, 0.717) is 11.9 Å². The van der Waals surface area contributed by atoms with Crippen molar-refractivity contribution < 1.29 is 4.74 Å². The molecule has 0 unspecified atom stereocenters. The van der Waals surface area contributed by atoms with Gasteiger partial charge in [0.1, 0.15) is 0 Å². The second-order valence-corrected chi connectivity index (χ2v) is 4.43. The lowest BCUT2D eigenvalue weighted by Gasteiger charge is -2.25. The smallest absolute Gasteiger partial charge is 0.323 e. The van der Waals surface area contributed by atoms with Crippen molar-refractivity contribution in [3.63, 3.8) is 0 Å². The topological polar surface area (TPSA) is 89.2 Å². The molecule has 0 atom stereocenters. The van der Waals surface area contributed by atoms with Gasteiger partial charge in [0.25, 0.3) is 0 Å². The van der Waals surface area contributed by atoms with Gasteiger partial charge in [-0.3, -0.25) is 5.43 Å². The lowest BCUT2D eigenvalue weighted by Crippen LogP contribution is -2.32. The molecule has 1 rings (SSSR count). The molecule has 0 aromatic carbocycles. The number of hydrazine groups is 1. The molecule has 0 saturated carbocycles. The minimum Gasteiger partial charge on any atom is -0.461 e. The van der Waals surface area contributed by atoms with Crippen LogP contribution in [0, 0.1) is 0 Å². The highest BCUT2D eigenvalue weighted by molar-refractivity contribution is 5.38. The van der Waals surface area contributed by atoms with E-state index in [1.165, 1.54) is 0 Å². The number of aromatic nitrogens is 3. The Kier molecular flexibility index (Phi) is 5.08. The van der Waals surface area contributed by atoms with E-state index in [1.54, 1.807) is 0 Å². The van der Waals surface area contributed by atoms with Crippen LogP contribution in [0.25, 0.3) is 0 Å². The Labute approximate surface area is 108 Å². The molecule has 102 valence electrons. The normalized spacial score (nSPS) is 10.9. The summed E-state index contributed by atoms with van der Waals surface area (Å²) < 4.78 is 5.49. The fourth-order valence-corrected chi connectivity index (χ4v) is 1.54. The van der Waals surface area contributed by atoms with Crippen molar-refractivity contribution in [2.24, 2.45) is 5.84 Å². The summed E-state index contributed by atoms with van der Waals surface area (Å²) in [7, 11) is 0. The summed E-state index contributed by atoms with van der Waals surface area (Å²) in [6.45, 7) is 10.8. The molecule has 0 amide bonds. The van der Waals surface area contributed by atoms with Gasteiger partial charge in [-0.05, 0) is 34.6 Å². The van der Waals surface area contributed by atoms with Crippen LogP contribution < -0.4 is 20.9 Å². The van der Waals surface area contributed by atoms with Crippen LogP contribution in [-0.2, 0) is 0 Å². The molecular formula is C11H22N6O. The van der Waals surface area contributed by atoms with E-state index in [-0.39, 0.29) is 18.2 Å². The third-order valence-electron chi connectivity index (χ3n) is 2.29. The fourth-order valence-electron chi connectivity index (χ4n) is 1.54. The molecule has 7 nitrogen and oxygen atoms in total. The van der Waals surface area contributed by atoms with Crippen molar-refractivity contribution in [2.45, 2.75) is 46.8 Å². The minimum atomic E-state index is 0.000000945. The van der Waals surface area contributed by atoms with Gasteiger partial charge in [-0.15, -0.1) is 0 Å². The van der Waals surface area contributed by atoms with Crippen LogP contribution in [0.2, 0.25) is 0 Å². The Hall–Kier alpha value is -1.63. The van der Waals surface area contributed by atoms with Crippen molar-refractivity contribution in [3.8, 4) is 6.01 Å². The molecule has 0 radical (unpaired) electrons. The maximum Gasteiger partial charge on any atom is 0.323 e. The maximum atomic E-state index is 5.49. The first kappa shape index (κ1) is 14.4. The summed E-state index contributed by atoms with van der Waals surface area (Å²) in [5.41, 5.74) is 2.43. The van der Waals surface area contributed by atoms with Crippen molar-refractivity contribution in [3.05, 3.63) is 0 Å². The number of nitrogen functional groups attached to an aromatic ring is 1. The van der Waals surface area contributed by atoms with Gasteiger partial charge in [-0.25, -0.2) is 5.84 Å². The molecule has 0 saturated heterocycles. The highest BCUT2D eigenvalue weighted by atomic mass is 16.5. The second kappa shape index (κ2) is 6.34. The zero-order valence-electron chi connectivity index (χ0n) is 11.6. The van der Waals surface area contributed by atoms with Crippen LogP contribution in [-0.4, -0.2) is 33.6 Å². The van der Waals surface area contributed by atoms with Crippen molar-refractivity contribution >= 4 is 11.9 Å². The zero-order chi connectivity index (χ0) is 13.7. The lowest BCUT2D eigenvalue weighted by atomic mass is 10.3. The number of hydrogen-bond donors (Lipinski definition) is 2. The summed E-state index contributed by atoms with van der Waals surface area (Å²) in [4.78, 5) is 14.6. The summed E-state index contributed by atoms with van der Waals surface area (Å²) in [5.74, 6) is 6.22. The second-order valence-electron chi connectivity index (χ2n) is 4.43. The van der Waals surface area contributed by atoms with Crippen LogP contribution >= 0.6 is 0 Å². The summed E-state index contributed by atoms with van der Waals surface area (Å²) in [6, 6.07) is 0.567. The van der Waals surface area contributed by atoms with Crippen molar-refractivity contribution in [1.82, 2.24) is 15.0 Å². The summed E-state index contributed by atoms with van der Waals surface area (Å²) >= 11 is 0. The zero-order valence-corrected chi connectivity index (χ0v) is 11.6. The minimum absolute atomic E-state index is 0.000000945. The summed E-state index contributed by atoms with van der Waals surface area (Å²) in [5, 5.41) is 0. The Morgan fingerprint density at radius 2 is 1.89 bits per heavy atom. The average molecular weight is 254 g/mol. The number of nitrogens with one attached hydrogen (secondary N) is 1. The standard InChI is InChI=1S/C11H22N6O/c1-6-17(7(2)3)10-13-9(16-12)14-11(15-10)18-8(4)5/h7-8H,6,12H2,1-5H3,(H,13,14,15,16). The Balaban J connectivity index is 3.10. The maximum absolute atomic E-state index is 5.49. The molecule has 1 aromatic heterocycles. The third-order valence-corrected chi connectivity index (χ3v) is 2.29. The Bertz CT molecular complexity index is 382. The molecule has 1 heterocycles. The first-order valence-electron chi connectivity index (χ1n) is 6.13. The largest absolute Gasteiger partial charge is 0.461 e. The lowest BCUT2D eigenvalue weighted by molar-refractivity contribution is 0.222. The van der Waals surface area contributed by atoms with Crippen LogP contribution in [0.4, 0.5) is 11.9 Å². The molecule has 0 aliphatic heterocycles. The van der Waals surface area contributed by atoms with Gasteiger partial charge in [0.2, 0.25) is 11.9 Å². The first-order valence-corrected chi connectivity index (χ1v) is 6.13. The molecule has 0 aliphatic carbocycles. The van der Waals surface area contributed by atoms with Crippen LogP contribution in [0.1, 0.15) is 34.6 Å². The van der Waals surface area contributed by atoms with Crippen LogP contribution in [0.5, 0.6) is 6.01 Å². The van der Waals surface area contributed by atoms with Gasteiger partial charge < -0.3 is 9.64 Å². The van der Waals surface area contributed by atoms with Gasteiger partial charge in [-0.1, -0.05) is 0 Å².